The van der Waals surface area contributed by atoms with Crippen molar-refractivity contribution in [3.8, 4) is 0 Å². The van der Waals surface area contributed by atoms with Crippen molar-refractivity contribution < 1.29 is 17.6 Å². The van der Waals surface area contributed by atoms with Gasteiger partial charge in [0.15, 0.2) is 11.6 Å². The third kappa shape index (κ3) is 4.49. The van der Waals surface area contributed by atoms with Crippen LogP contribution in [0, 0.1) is 23.3 Å². The van der Waals surface area contributed by atoms with E-state index in [0.29, 0.717) is 10.9 Å². The molecule has 6 heteroatoms. The smallest absolute Gasteiger partial charge is 0.166 e. The minimum atomic E-state index is -2.32. The molecule has 0 saturated heterocycles. The minimum absolute atomic E-state index is 0.456. The van der Waals surface area contributed by atoms with Gasteiger partial charge in [-0.05, 0) is 10.3 Å². The van der Waals surface area contributed by atoms with Gasteiger partial charge in [-0.2, -0.15) is 17.7 Å². The van der Waals surface area contributed by atoms with Crippen LogP contribution in [-0.2, 0) is 0 Å². The summed E-state index contributed by atoms with van der Waals surface area (Å²) in [5.74, 6) is -5.17. The first kappa shape index (κ1) is 25.5. The molecule has 0 aliphatic carbocycles. The van der Waals surface area contributed by atoms with Gasteiger partial charge >= 0.3 is 0 Å². The fraction of sp³-hybridized carbons (Fsp3) is 0.333. The van der Waals surface area contributed by atoms with Gasteiger partial charge in [0.2, 0.25) is 0 Å². The van der Waals surface area contributed by atoms with E-state index < -0.39 is 58.4 Å². The summed E-state index contributed by atoms with van der Waals surface area (Å²) in [4.78, 5) is 0. The Morgan fingerprint density at radius 1 is 0.576 bits per heavy atom. The zero-order chi connectivity index (χ0) is 24.8. The van der Waals surface area contributed by atoms with Crippen LogP contribution >= 0.6 is 7.92 Å². The van der Waals surface area contributed by atoms with Crippen molar-refractivity contribution in [3.63, 3.8) is 0 Å². The molecule has 0 atom stereocenters. The summed E-state index contributed by atoms with van der Waals surface area (Å²) in [7, 11) is -1.59. The van der Waals surface area contributed by atoms with E-state index in [-0.39, 0.29) is 0 Å². The van der Waals surface area contributed by atoms with Gasteiger partial charge in [-0.25, -0.2) is 17.6 Å². The summed E-state index contributed by atoms with van der Waals surface area (Å²) in [6.45, 7) is 12.8. The molecule has 3 aromatic rings. The van der Waals surface area contributed by atoms with Gasteiger partial charge in [-0.3, -0.25) is 0 Å². The molecule has 0 aromatic heterocycles. The van der Waals surface area contributed by atoms with Gasteiger partial charge in [-0.15, -0.1) is 5.46 Å². The molecule has 0 radical (unpaired) electrons. The van der Waals surface area contributed by atoms with Crippen LogP contribution in [0.15, 0.2) is 60.7 Å². The lowest BCUT2D eigenvalue weighted by atomic mass is 9.17. The molecule has 0 aliphatic heterocycles. The van der Waals surface area contributed by atoms with E-state index in [1.54, 1.807) is 67.5 Å². The third-order valence-electron chi connectivity index (χ3n) is 6.35. The first-order chi connectivity index (χ1) is 15.2. The third-order valence-corrected chi connectivity index (χ3v) is 9.87. The van der Waals surface area contributed by atoms with E-state index in [1.165, 1.54) is 0 Å². The van der Waals surface area contributed by atoms with Crippen molar-refractivity contribution in [1.29, 1.82) is 0 Å². The zero-order valence-electron chi connectivity index (χ0n) is 20.3. The monoisotopic (exact) mass is 473 g/mol. The standard InChI is InChI=1S/C27H31BF4P/c1-26(2,3)33(27(4,5)6)25-23(31)21(29)20(22(30)24(25)32)28(7,18-14-10-8-11-15-18)19-16-12-9-13-17-19/h8-17H,1-7H3/q-1. The average Bonchev–Trinajstić information content (AvgIpc) is 2.74. The molecule has 176 valence electrons. The maximum absolute atomic E-state index is 16.0. The van der Waals surface area contributed by atoms with E-state index >= 15 is 17.6 Å². The molecule has 0 saturated carbocycles. The summed E-state index contributed by atoms with van der Waals surface area (Å²) < 4.78 is 63.5. The number of benzene rings is 3. The normalized spacial score (nSPS) is 13.0. The minimum Gasteiger partial charge on any atom is -0.207 e. The van der Waals surface area contributed by atoms with Crippen LogP contribution in [0.2, 0.25) is 6.82 Å². The van der Waals surface area contributed by atoms with E-state index in [9.17, 15) is 0 Å². The number of rotatable bonds is 4. The highest BCUT2D eigenvalue weighted by Gasteiger charge is 2.43. The van der Waals surface area contributed by atoms with Gasteiger partial charge in [0.05, 0.1) is 11.5 Å². The molecule has 3 rings (SSSR count). The SMILES string of the molecule is C[B-](c1ccccc1)(c1ccccc1)c1c(F)c(F)c(P(C(C)(C)C)C(C)(C)C)c(F)c1F. The lowest BCUT2D eigenvalue weighted by molar-refractivity contribution is 0.471. The van der Waals surface area contributed by atoms with Crippen LogP contribution in [0.25, 0.3) is 0 Å². The largest absolute Gasteiger partial charge is 0.207 e. The molecule has 0 bridgehead atoms. The van der Waals surface area contributed by atoms with Crippen LogP contribution in [0.3, 0.4) is 0 Å². The molecule has 0 N–H and O–H groups in total. The van der Waals surface area contributed by atoms with Gasteiger partial charge in [0, 0.05) is 0 Å². The Hall–Kier alpha value is -2.13. The van der Waals surface area contributed by atoms with Crippen LogP contribution < -0.4 is 21.7 Å². The summed E-state index contributed by atoms with van der Waals surface area (Å²) in [6, 6.07) is 17.6. The first-order valence-electron chi connectivity index (χ1n) is 11.2. The Bertz CT molecular complexity index is 1050. The second-order valence-corrected chi connectivity index (χ2v) is 14.6. The molecular formula is C27H31BF4P-. The molecule has 0 spiro atoms. The van der Waals surface area contributed by atoms with Gasteiger partial charge in [0.1, 0.15) is 11.6 Å². The molecule has 0 aliphatic rings. The Morgan fingerprint density at radius 2 is 0.909 bits per heavy atom. The van der Waals surface area contributed by atoms with E-state index in [0.717, 1.165) is 0 Å². The zero-order valence-corrected chi connectivity index (χ0v) is 21.2. The average molecular weight is 473 g/mol. The maximum atomic E-state index is 16.0. The van der Waals surface area contributed by atoms with E-state index in [2.05, 4.69) is 0 Å². The number of hydrogen-bond donors (Lipinski definition) is 0. The second-order valence-electron chi connectivity index (χ2n) is 10.8. The van der Waals surface area contributed by atoms with Crippen molar-refractivity contribution in [2.24, 2.45) is 0 Å². The van der Waals surface area contributed by atoms with Crippen LogP contribution in [0.4, 0.5) is 17.6 Å². The van der Waals surface area contributed by atoms with Gasteiger partial charge in [-0.1, -0.05) is 110 Å². The first-order valence-corrected chi connectivity index (χ1v) is 12.5. The predicted octanol–water partition coefficient (Wildman–Crippen LogP) is 6.05. The number of hydrogen-bond acceptors (Lipinski definition) is 0. The predicted molar refractivity (Wildman–Crippen MR) is 136 cm³/mol. The summed E-state index contributed by atoms with van der Waals surface area (Å²) >= 11 is 0. The van der Waals surface area contributed by atoms with Crippen molar-refractivity contribution in [3.05, 3.63) is 83.9 Å². The van der Waals surface area contributed by atoms with Crippen LogP contribution in [-0.4, -0.2) is 16.5 Å². The molecule has 0 amide bonds. The second kappa shape index (κ2) is 8.91. The highest BCUT2D eigenvalue weighted by Crippen LogP contribution is 2.59. The maximum Gasteiger partial charge on any atom is 0.166 e. The molecule has 0 nitrogen and oxygen atoms in total. The molecule has 0 unspecified atom stereocenters. The van der Waals surface area contributed by atoms with Gasteiger partial charge in [0.25, 0.3) is 0 Å². The molecular weight excluding hydrogens is 442 g/mol. The number of halogens is 4. The van der Waals surface area contributed by atoms with E-state index in [4.69, 9.17) is 0 Å². The Balaban J connectivity index is 2.43. The fourth-order valence-corrected chi connectivity index (χ4v) is 9.16. The molecule has 0 fully saturated rings. The lowest BCUT2D eigenvalue weighted by Gasteiger charge is -2.43. The molecule has 3 aromatic carbocycles. The van der Waals surface area contributed by atoms with Gasteiger partial charge < -0.3 is 0 Å². The summed E-state index contributed by atoms with van der Waals surface area (Å²) in [5.41, 5.74) is 0.646. The highest BCUT2D eigenvalue weighted by molar-refractivity contribution is 7.68. The van der Waals surface area contributed by atoms with Crippen LogP contribution in [0.1, 0.15) is 41.5 Å². The van der Waals surface area contributed by atoms with E-state index in [1.807, 2.05) is 41.5 Å². The summed E-state index contributed by atoms with van der Waals surface area (Å²) in [5, 5.41) is -1.59. The Kier molecular flexibility index (Phi) is 6.88. The van der Waals surface area contributed by atoms with Crippen molar-refractivity contribution in [1.82, 2.24) is 0 Å². The quantitative estimate of drug-likeness (QED) is 0.187. The lowest BCUT2D eigenvalue weighted by Crippen LogP contribution is -2.67. The highest BCUT2D eigenvalue weighted by atomic mass is 31.1. The molecule has 0 heterocycles. The van der Waals surface area contributed by atoms with Crippen molar-refractivity contribution in [2.75, 3.05) is 0 Å². The van der Waals surface area contributed by atoms with Crippen LogP contribution in [0.5, 0.6) is 0 Å². The fourth-order valence-electron chi connectivity index (χ4n) is 5.22. The van der Waals surface area contributed by atoms with Crippen molar-refractivity contribution >= 4 is 35.8 Å². The topological polar surface area (TPSA) is 0 Å². The molecule has 33 heavy (non-hydrogen) atoms. The Labute approximate surface area is 196 Å². The van der Waals surface area contributed by atoms with Crippen molar-refractivity contribution in [2.45, 2.75) is 58.7 Å². The Morgan fingerprint density at radius 3 is 1.21 bits per heavy atom. The summed E-state index contributed by atoms with van der Waals surface area (Å²) in [6.07, 6.45) is -2.32.